The third-order valence-corrected chi connectivity index (χ3v) is 1.47. The highest BCUT2D eigenvalue weighted by atomic mass is 15.5. The van der Waals surface area contributed by atoms with Crippen LogP contribution < -0.4 is 10.5 Å². The van der Waals surface area contributed by atoms with Gasteiger partial charge in [0.05, 0.1) is 0 Å². The standard InChI is InChI=1S/C4H13B2N3/c1-4(2,3)9-6-7-5-8-9/h5-8H,1-3H3. The summed E-state index contributed by atoms with van der Waals surface area (Å²) in [7, 11) is 1.85. The lowest BCUT2D eigenvalue weighted by Gasteiger charge is -2.30. The molecule has 0 aromatic carbocycles. The Morgan fingerprint density at radius 1 is 1.33 bits per heavy atom. The van der Waals surface area contributed by atoms with E-state index in [2.05, 4.69) is 36.2 Å². The molecular weight excluding hydrogens is 112 g/mol. The highest BCUT2D eigenvalue weighted by Gasteiger charge is 2.24. The Labute approximate surface area is 57.7 Å². The molecule has 1 fully saturated rings. The molecule has 0 bridgehead atoms. The minimum Gasteiger partial charge on any atom is -0.374 e. The first-order valence-corrected chi connectivity index (χ1v) is 3.32. The molecule has 50 valence electrons. The molecule has 1 saturated heterocycles. The van der Waals surface area contributed by atoms with Crippen LogP contribution in [-0.2, 0) is 0 Å². The van der Waals surface area contributed by atoms with Gasteiger partial charge in [0.2, 0.25) is 0 Å². The molecule has 3 nitrogen and oxygen atoms in total. The molecule has 1 heterocycles. The molecule has 2 N–H and O–H groups in total. The summed E-state index contributed by atoms with van der Waals surface area (Å²) in [6.45, 7) is 6.56. The molecule has 0 aliphatic carbocycles. The van der Waals surface area contributed by atoms with Gasteiger partial charge in [-0.3, -0.25) is 10.3 Å². The van der Waals surface area contributed by atoms with Crippen molar-refractivity contribution in [3.05, 3.63) is 0 Å². The van der Waals surface area contributed by atoms with Crippen LogP contribution in [0.25, 0.3) is 0 Å². The molecule has 1 rings (SSSR count). The van der Waals surface area contributed by atoms with Crippen molar-refractivity contribution >= 4 is 15.1 Å². The Bertz CT molecular complexity index is 94.5. The molecule has 0 aromatic heterocycles. The number of nitrogens with zero attached hydrogens (tertiary/aromatic N) is 1. The van der Waals surface area contributed by atoms with Gasteiger partial charge < -0.3 is 5.14 Å². The van der Waals surface area contributed by atoms with E-state index in [1.54, 1.807) is 0 Å². The van der Waals surface area contributed by atoms with Crippen LogP contribution in [0.15, 0.2) is 0 Å². The van der Waals surface area contributed by atoms with Gasteiger partial charge in [-0.25, -0.2) is 0 Å². The molecular formula is C4H13B2N3. The largest absolute Gasteiger partial charge is 0.374 e. The van der Waals surface area contributed by atoms with Crippen LogP contribution in [0.4, 0.5) is 0 Å². The van der Waals surface area contributed by atoms with E-state index >= 15 is 0 Å². The zero-order chi connectivity index (χ0) is 6.91. The van der Waals surface area contributed by atoms with Crippen molar-refractivity contribution in [3.8, 4) is 0 Å². The third kappa shape index (κ3) is 1.71. The number of hydrogen-bond donors (Lipinski definition) is 2. The van der Waals surface area contributed by atoms with Gasteiger partial charge in [0, 0.05) is 5.54 Å². The summed E-state index contributed by atoms with van der Waals surface area (Å²) in [5.74, 6) is 0. The molecule has 0 saturated carbocycles. The fraction of sp³-hybridized carbons (Fsp3) is 1.00. The van der Waals surface area contributed by atoms with E-state index in [0.29, 0.717) is 0 Å². The van der Waals surface area contributed by atoms with Gasteiger partial charge in [-0.15, -0.1) is 0 Å². The van der Waals surface area contributed by atoms with Crippen molar-refractivity contribution in [2.24, 2.45) is 0 Å². The Hall–Kier alpha value is 0.00987. The van der Waals surface area contributed by atoms with Crippen LogP contribution in [0.3, 0.4) is 0 Å². The van der Waals surface area contributed by atoms with Crippen molar-refractivity contribution in [2.45, 2.75) is 26.3 Å². The Morgan fingerprint density at radius 3 is 2.22 bits per heavy atom. The number of hydrogen-bond acceptors (Lipinski definition) is 3. The lowest BCUT2D eigenvalue weighted by Crippen LogP contribution is -2.48. The maximum atomic E-state index is 3.22. The summed E-state index contributed by atoms with van der Waals surface area (Å²) in [6, 6.07) is 0. The van der Waals surface area contributed by atoms with Gasteiger partial charge >= 0.3 is 0 Å². The van der Waals surface area contributed by atoms with E-state index in [4.69, 9.17) is 0 Å². The lowest BCUT2D eigenvalue weighted by molar-refractivity contribution is 0.235. The number of nitrogens with one attached hydrogen (secondary N) is 2. The topological polar surface area (TPSA) is 27.3 Å². The first kappa shape index (κ1) is 7.12. The minimum absolute atomic E-state index is 0.240. The van der Waals surface area contributed by atoms with Crippen LogP contribution in [0.5, 0.6) is 0 Å². The van der Waals surface area contributed by atoms with Gasteiger partial charge in [-0.2, -0.15) is 0 Å². The highest BCUT2D eigenvalue weighted by Crippen LogP contribution is 2.08. The third-order valence-electron chi connectivity index (χ3n) is 1.47. The van der Waals surface area contributed by atoms with E-state index < -0.39 is 0 Å². The molecule has 0 atom stereocenters. The van der Waals surface area contributed by atoms with Crippen LogP contribution in [0, 0.1) is 0 Å². The fourth-order valence-electron chi connectivity index (χ4n) is 0.849. The fourth-order valence-corrected chi connectivity index (χ4v) is 0.849. The molecule has 9 heavy (non-hydrogen) atoms. The number of hydrazine groups is 1. The van der Waals surface area contributed by atoms with Crippen molar-refractivity contribution in [1.29, 1.82) is 0 Å². The molecule has 0 spiro atoms. The lowest BCUT2D eigenvalue weighted by atomic mass is 9.99. The van der Waals surface area contributed by atoms with Crippen molar-refractivity contribution < 1.29 is 0 Å². The SMILES string of the molecule is CC(C)(C)N1BNBN1. The first-order valence-electron chi connectivity index (χ1n) is 3.32. The summed E-state index contributed by atoms with van der Waals surface area (Å²) in [5, 5.41) is 6.41. The monoisotopic (exact) mass is 125 g/mol. The van der Waals surface area contributed by atoms with E-state index in [1.165, 1.54) is 0 Å². The maximum Gasteiger partial charge on any atom is 0.292 e. The summed E-state index contributed by atoms with van der Waals surface area (Å²) in [6.07, 6.45) is 0. The Kier molecular flexibility index (Phi) is 1.84. The van der Waals surface area contributed by atoms with Crippen LogP contribution in [0.2, 0.25) is 0 Å². The van der Waals surface area contributed by atoms with E-state index in [0.717, 1.165) is 15.1 Å². The molecule has 0 unspecified atom stereocenters. The second-order valence-corrected chi connectivity index (χ2v) is 3.34. The van der Waals surface area contributed by atoms with Gasteiger partial charge in [-0.1, -0.05) is 0 Å². The summed E-state index contributed by atoms with van der Waals surface area (Å²) in [4.78, 5) is 2.19. The van der Waals surface area contributed by atoms with E-state index in [1.807, 2.05) is 0 Å². The molecule has 0 radical (unpaired) electrons. The van der Waals surface area contributed by atoms with Gasteiger partial charge in [-0.05, 0) is 20.8 Å². The molecule has 0 aromatic rings. The summed E-state index contributed by atoms with van der Waals surface area (Å²) < 4.78 is 0. The quantitative estimate of drug-likeness (QED) is 0.395. The second-order valence-electron chi connectivity index (χ2n) is 3.34. The van der Waals surface area contributed by atoms with Gasteiger partial charge in [0.1, 0.15) is 0 Å². The second kappa shape index (κ2) is 2.33. The summed E-state index contributed by atoms with van der Waals surface area (Å²) >= 11 is 0. The predicted octanol–water partition coefficient (Wildman–Crippen LogP) is -1.27. The smallest absolute Gasteiger partial charge is 0.292 e. The van der Waals surface area contributed by atoms with Crippen molar-refractivity contribution in [1.82, 2.24) is 15.4 Å². The molecule has 1 aliphatic rings. The minimum atomic E-state index is 0.240. The van der Waals surface area contributed by atoms with E-state index in [-0.39, 0.29) is 5.54 Å². The van der Waals surface area contributed by atoms with Crippen LogP contribution in [-0.4, -0.2) is 25.6 Å². The highest BCUT2D eigenvalue weighted by molar-refractivity contribution is 6.52. The Morgan fingerprint density at radius 2 is 2.00 bits per heavy atom. The maximum absolute atomic E-state index is 3.22. The summed E-state index contributed by atoms with van der Waals surface area (Å²) in [5.41, 5.74) is 0.240. The van der Waals surface area contributed by atoms with Gasteiger partial charge in [0.25, 0.3) is 15.1 Å². The average molecular weight is 125 g/mol. The normalized spacial score (nSPS) is 21.2. The zero-order valence-electron chi connectivity index (χ0n) is 6.36. The first-order chi connectivity index (χ1) is 4.11. The average Bonchev–Trinajstić information content (AvgIpc) is 2.08. The van der Waals surface area contributed by atoms with Crippen LogP contribution >= 0.6 is 0 Å². The number of rotatable bonds is 0. The molecule has 1 aliphatic heterocycles. The van der Waals surface area contributed by atoms with Gasteiger partial charge in [0.15, 0.2) is 0 Å². The molecule has 5 heteroatoms. The van der Waals surface area contributed by atoms with Crippen molar-refractivity contribution in [2.75, 3.05) is 0 Å². The van der Waals surface area contributed by atoms with Crippen molar-refractivity contribution in [3.63, 3.8) is 0 Å². The van der Waals surface area contributed by atoms with E-state index in [9.17, 15) is 0 Å². The Balaban J connectivity index is 2.42. The molecule has 0 amide bonds. The van der Waals surface area contributed by atoms with Crippen LogP contribution in [0.1, 0.15) is 20.8 Å². The zero-order valence-corrected chi connectivity index (χ0v) is 6.36. The predicted molar refractivity (Wildman–Crippen MR) is 42.2 cm³/mol.